The lowest BCUT2D eigenvalue weighted by atomic mass is 9.90. The lowest BCUT2D eigenvalue weighted by Gasteiger charge is -2.30. The number of fused-ring (bicyclic) bond motifs is 2. The van der Waals surface area contributed by atoms with Crippen molar-refractivity contribution in [2.75, 3.05) is 60.2 Å². The molecule has 2 amide bonds. The van der Waals surface area contributed by atoms with Gasteiger partial charge in [-0.1, -0.05) is 47.7 Å². The van der Waals surface area contributed by atoms with Crippen LogP contribution in [0, 0.1) is 0 Å². The monoisotopic (exact) mass is 684 g/mol. The average Bonchev–Trinajstić information content (AvgIpc) is 3.43. The van der Waals surface area contributed by atoms with Gasteiger partial charge in [-0.05, 0) is 61.4 Å². The third-order valence-corrected chi connectivity index (χ3v) is 9.91. The van der Waals surface area contributed by atoms with Crippen molar-refractivity contribution in [3.05, 3.63) is 96.7 Å². The van der Waals surface area contributed by atoms with E-state index in [1.54, 1.807) is 45.8 Å². The van der Waals surface area contributed by atoms with E-state index in [9.17, 15) is 14.4 Å². The van der Waals surface area contributed by atoms with E-state index in [0.29, 0.717) is 82.8 Å². The van der Waals surface area contributed by atoms with Gasteiger partial charge < -0.3 is 28.7 Å². The Balaban J connectivity index is 1.44. The number of hydrogen-bond acceptors (Lipinski definition) is 9. The SMILES string of the molecule is CCN(CC)C(=O)C1=C(C)N=c2s/c(=C\c3ccc(OCC(=O)N4CCOCC4)c(OC)c3)c(=O)n2[C@H]1c1c(OC)ccc2ccccc12. The number of nitrogens with zero attached hydrogens (tertiary/aromatic N) is 4. The van der Waals surface area contributed by atoms with Crippen LogP contribution in [-0.2, 0) is 14.3 Å². The second-order valence-corrected chi connectivity index (χ2v) is 12.7. The van der Waals surface area contributed by atoms with Crippen LogP contribution in [0.4, 0.5) is 0 Å². The molecule has 4 aromatic rings. The number of aromatic nitrogens is 1. The molecule has 0 unspecified atom stereocenters. The fourth-order valence-electron chi connectivity index (χ4n) is 6.37. The Morgan fingerprint density at radius 3 is 2.43 bits per heavy atom. The van der Waals surface area contributed by atoms with Gasteiger partial charge in [0.25, 0.3) is 17.4 Å². The van der Waals surface area contributed by atoms with Crippen molar-refractivity contribution in [2.24, 2.45) is 4.99 Å². The highest BCUT2D eigenvalue weighted by atomic mass is 32.1. The summed E-state index contributed by atoms with van der Waals surface area (Å²) in [5.74, 6) is 1.12. The number of morpholine rings is 1. The van der Waals surface area contributed by atoms with Crippen molar-refractivity contribution in [3.63, 3.8) is 0 Å². The predicted octanol–water partition coefficient (Wildman–Crippen LogP) is 3.51. The van der Waals surface area contributed by atoms with E-state index in [1.807, 2.05) is 57.2 Å². The zero-order valence-corrected chi connectivity index (χ0v) is 29.2. The van der Waals surface area contributed by atoms with E-state index in [-0.39, 0.29) is 24.0 Å². The molecule has 3 aromatic carbocycles. The number of rotatable bonds is 10. The van der Waals surface area contributed by atoms with Gasteiger partial charge in [0.15, 0.2) is 22.9 Å². The van der Waals surface area contributed by atoms with Crippen molar-refractivity contribution in [1.82, 2.24) is 14.4 Å². The zero-order chi connectivity index (χ0) is 34.7. The normalized spacial score (nSPS) is 16.3. The quantitative estimate of drug-likeness (QED) is 0.252. The third-order valence-electron chi connectivity index (χ3n) is 8.93. The highest BCUT2D eigenvalue weighted by Gasteiger charge is 2.36. The van der Waals surface area contributed by atoms with E-state index in [2.05, 4.69) is 0 Å². The lowest BCUT2D eigenvalue weighted by molar-refractivity contribution is -0.137. The first-order valence-electron chi connectivity index (χ1n) is 16.3. The van der Waals surface area contributed by atoms with E-state index < -0.39 is 6.04 Å². The van der Waals surface area contributed by atoms with Crippen LogP contribution in [0.1, 0.15) is 37.9 Å². The molecule has 0 bridgehead atoms. The van der Waals surface area contributed by atoms with E-state index in [4.69, 9.17) is 23.9 Å². The molecule has 0 radical (unpaired) electrons. The number of likely N-dealkylation sites (N-methyl/N-ethyl adjacent to an activating group) is 1. The molecule has 6 rings (SSSR count). The molecule has 1 aromatic heterocycles. The minimum atomic E-state index is -0.776. The van der Waals surface area contributed by atoms with Gasteiger partial charge in [-0.25, -0.2) is 4.99 Å². The Kier molecular flexibility index (Phi) is 10.2. The number of benzene rings is 3. The number of thiazole rings is 1. The second-order valence-electron chi connectivity index (χ2n) is 11.7. The molecule has 256 valence electrons. The summed E-state index contributed by atoms with van der Waals surface area (Å²) < 4.78 is 24.7. The largest absolute Gasteiger partial charge is 0.496 e. The Hall–Kier alpha value is -4.94. The molecule has 49 heavy (non-hydrogen) atoms. The summed E-state index contributed by atoms with van der Waals surface area (Å²) in [6, 6.07) is 16.3. The van der Waals surface area contributed by atoms with Crippen LogP contribution >= 0.6 is 11.3 Å². The fourth-order valence-corrected chi connectivity index (χ4v) is 7.42. The molecule has 11 nitrogen and oxygen atoms in total. The van der Waals surface area contributed by atoms with Crippen LogP contribution in [-0.4, -0.2) is 86.4 Å². The predicted molar refractivity (Wildman–Crippen MR) is 188 cm³/mol. The molecule has 2 aliphatic rings. The van der Waals surface area contributed by atoms with Crippen LogP contribution < -0.4 is 29.1 Å². The Bertz CT molecular complexity index is 2110. The van der Waals surface area contributed by atoms with Crippen molar-refractivity contribution in [3.8, 4) is 17.2 Å². The van der Waals surface area contributed by atoms with Crippen LogP contribution in [0.25, 0.3) is 16.8 Å². The molecule has 0 aliphatic carbocycles. The number of amides is 2. The van der Waals surface area contributed by atoms with Crippen LogP contribution in [0.5, 0.6) is 17.2 Å². The summed E-state index contributed by atoms with van der Waals surface area (Å²) in [4.78, 5) is 50.1. The molecule has 1 fully saturated rings. The second kappa shape index (κ2) is 14.7. The van der Waals surface area contributed by atoms with E-state index in [1.165, 1.54) is 18.4 Å². The zero-order valence-electron chi connectivity index (χ0n) is 28.4. The molecular formula is C37H40N4O7S. The number of ether oxygens (including phenoxy) is 4. The maximum atomic E-state index is 14.5. The first-order valence-corrected chi connectivity index (χ1v) is 17.1. The van der Waals surface area contributed by atoms with Crippen LogP contribution in [0.15, 0.2) is 75.7 Å². The summed E-state index contributed by atoms with van der Waals surface area (Å²) >= 11 is 1.25. The van der Waals surface area contributed by atoms with Gasteiger partial charge in [-0.2, -0.15) is 0 Å². The number of allylic oxidation sites excluding steroid dienone is 1. The minimum absolute atomic E-state index is 0.123. The van der Waals surface area contributed by atoms with Gasteiger partial charge >= 0.3 is 0 Å². The Morgan fingerprint density at radius 2 is 1.71 bits per heavy atom. The maximum Gasteiger partial charge on any atom is 0.271 e. The van der Waals surface area contributed by atoms with Gasteiger partial charge in [-0.3, -0.25) is 19.0 Å². The lowest BCUT2D eigenvalue weighted by Crippen LogP contribution is -2.43. The standard InChI is InChI=1S/C37H40N4O7S/c1-6-39(7-2)36(44)32-23(3)38-37-41(34(32)33-26-11-9-8-10-25(26)13-15-28(33)45-4)35(43)30(49-37)21-24-12-14-27(29(20-24)46-5)48-22-31(42)40-16-18-47-19-17-40/h8-15,20-21,34H,6-7,16-19,22H2,1-5H3/b30-21-/t34-/m1/s1. The molecule has 12 heteroatoms. The average molecular weight is 685 g/mol. The highest BCUT2D eigenvalue weighted by Crippen LogP contribution is 2.40. The summed E-state index contributed by atoms with van der Waals surface area (Å²) in [6.45, 7) is 8.70. The molecule has 3 heterocycles. The van der Waals surface area contributed by atoms with Crippen molar-refractivity contribution in [1.29, 1.82) is 0 Å². The van der Waals surface area contributed by atoms with E-state index in [0.717, 1.165) is 16.3 Å². The van der Waals surface area contributed by atoms with Crippen molar-refractivity contribution >= 4 is 40.0 Å². The molecule has 0 N–H and O–H groups in total. The minimum Gasteiger partial charge on any atom is -0.496 e. The summed E-state index contributed by atoms with van der Waals surface area (Å²) in [6.07, 6.45) is 1.78. The number of methoxy groups -OCH3 is 2. The van der Waals surface area contributed by atoms with Crippen LogP contribution in [0.2, 0.25) is 0 Å². The molecule has 0 saturated carbocycles. The Morgan fingerprint density at radius 1 is 1.00 bits per heavy atom. The maximum absolute atomic E-state index is 14.5. The van der Waals surface area contributed by atoms with Gasteiger partial charge in [0, 0.05) is 31.7 Å². The highest BCUT2D eigenvalue weighted by molar-refractivity contribution is 7.07. The van der Waals surface area contributed by atoms with Gasteiger partial charge in [-0.15, -0.1) is 0 Å². The summed E-state index contributed by atoms with van der Waals surface area (Å²) in [7, 11) is 3.12. The first kappa shape index (κ1) is 33.9. The molecular weight excluding hydrogens is 644 g/mol. The van der Waals surface area contributed by atoms with Crippen molar-refractivity contribution in [2.45, 2.75) is 26.8 Å². The summed E-state index contributed by atoms with van der Waals surface area (Å²) in [5.41, 5.74) is 2.14. The molecule has 2 aliphatic heterocycles. The smallest absolute Gasteiger partial charge is 0.271 e. The summed E-state index contributed by atoms with van der Waals surface area (Å²) in [5, 5.41) is 1.85. The molecule has 1 saturated heterocycles. The van der Waals surface area contributed by atoms with Gasteiger partial charge in [0.05, 0.1) is 43.2 Å². The third kappa shape index (κ3) is 6.58. The first-order chi connectivity index (χ1) is 23.8. The number of carbonyl (C=O) groups excluding carboxylic acids is 2. The van der Waals surface area contributed by atoms with Crippen LogP contribution in [0.3, 0.4) is 0 Å². The topological polar surface area (TPSA) is 112 Å². The Labute approximate surface area is 288 Å². The fraction of sp³-hybridized carbons (Fsp3) is 0.351. The number of carbonyl (C=O) groups is 2. The van der Waals surface area contributed by atoms with E-state index >= 15 is 0 Å². The van der Waals surface area contributed by atoms with Gasteiger partial charge in [0.2, 0.25) is 0 Å². The molecule has 1 atom stereocenters. The van der Waals surface area contributed by atoms with Crippen molar-refractivity contribution < 1.29 is 28.5 Å². The number of hydrogen-bond donors (Lipinski definition) is 0. The van der Waals surface area contributed by atoms with Gasteiger partial charge in [0.1, 0.15) is 11.8 Å². The molecule has 0 spiro atoms.